The van der Waals surface area contributed by atoms with Crippen LogP contribution in [0, 0.1) is 0 Å². The molecule has 0 radical (unpaired) electrons. The summed E-state index contributed by atoms with van der Waals surface area (Å²) in [4.78, 5) is 11.4. The summed E-state index contributed by atoms with van der Waals surface area (Å²) >= 11 is 6.20. The van der Waals surface area contributed by atoms with Crippen LogP contribution >= 0.6 is 35.6 Å². The van der Waals surface area contributed by atoms with Crippen LogP contribution < -0.4 is 20.3 Å². The minimum Gasteiger partial charge on any atom is -0.495 e. The number of hydrogen-bond acceptors (Lipinski definition) is 6. The molecule has 0 amide bonds. The summed E-state index contributed by atoms with van der Waals surface area (Å²) in [6.07, 6.45) is 0.983. The van der Waals surface area contributed by atoms with E-state index in [1.54, 1.807) is 7.11 Å². The smallest absolute Gasteiger partial charge is 0.232 e. The number of ether oxygens (including phenoxy) is 1. The highest BCUT2D eigenvalue weighted by atomic mass is 127. The number of benzene rings is 1. The van der Waals surface area contributed by atoms with E-state index >= 15 is 0 Å². The lowest BCUT2D eigenvalue weighted by molar-refractivity contribution is 0.318. The van der Waals surface area contributed by atoms with E-state index in [9.17, 15) is 0 Å². The van der Waals surface area contributed by atoms with Crippen LogP contribution in [0.4, 0.5) is 5.69 Å². The number of methoxy groups -OCH3 is 1. The lowest BCUT2D eigenvalue weighted by atomic mass is 9.97. The molecule has 3 rings (SSSR count). The van der Waals surface area contributed by atoms with Gasteiger partial charge in [0.1, 0.15) is 12.3 Å². The molecule has 0 spiro atoms. The quantitative estimate of drug-likeness (QED) is 0.313. The molecule has 1 aromatic heterocycles. The molecule has 10 heteroatoms. The van der Waals surface area contributed by atoms with Crippen LogP contribution in [0.2, 0.25) is 5.02 Å². The Morgan fingerprint density at radius 3 is 2.81 bits per heavy atom. The zero-order valence-corrected chi connectivity index (χ0v) is 21.8. The highest BCUT2D eigenvalue weighted by Crippen LogP contribution is 2.33. The predicted octanol–water partition coefficient (Wildman–Crippen LogP) is 3.98. The molecule has 31 heavy (non-hydrogen) atoms. The standard InChI is InChI=1S/C21H31ClN6O2.HI/c1-6-23-20(24-12-18-26-19(30-27-18)21(2,3)4)25-15-9-10-28(13-15)16-11-14(22)7-8-17(16)29-5;/h7-8,11,15H,6,9-10,12-13H2,1-5H3,(H2,23,24,25);1H. The van der Waals surface area contributed by atoms with Gasteiger partial charge in [-0.15, -0.1) is 24.0 Å². The second-order valence-corrected chi connectivity index (χ2v) is 8.79. The van der Waals surface area contributed by atoms with Crippen molar-refractivity contribution in [1.29, 1.82) is 0 Å². The van der Waals surface area contributed by atoms with E-state index in [4.69, 9.17) is 20.9 Å². The fourth-order valence-corrected chi connectivity index (χ4v) is 3.46. The van der Waals surface area contributed by atoms with E-state index in [-0.39, 0.29) is 35.4 Å². The molecule has 2 heterocycles. The Balaban J connectivity index is 0.00000341. The van der Waals surface area contributed by atoms with Crippen LogP contribution in [-0.4, -0.2) is 48.9 Å². The maximum Gasteiger partial charge on any atom is 0.232 e. The van der Waals surface area contributed by atoms with Crippen molar-refractivity contribution < 1.29 is 9.26 Å². The zero-order chi connectivity index (χ0) is 21.7. The van der Waals surface area contributed by atoms with Gasteiger partial charge in [0, 0.05) is 36.1 Å². The summed E-state index contributed by atoms with van der Waals surface area (Å²) in [5.74, 6) is 2.76. The van der Waals surface area contributed by atoms with E-state index < -0.39 is 0 Å². The van der Waals surface area contributed by atoms with E-state index in [2.05, 4.69) is 30.7 Å². The van der Waals surface area contributed by atoms with E-state index in [0.29, 0.717) is 23.3 Å². The molecular weight excluding hydrogens is 531 g/mol. The van der Waals surface area contributed by atoms with Gasteiger partial charge >= 0.3 is 0 Å². The van der Waals surface area contributed by atoms with Gasteiger partial charge in [0.15, 0.2) is 11.8 Å². The Bertz CT molecular complexity index is 883. The van der Waals surface area contributed by atoms with Gasteiger partial charge in [0.05, 0.1) is 12.8 Å². The molecule has 2 N–H and O–H groups in total. The number of rotatable bonds is 6. The lowest BCUT2D eigenvalue weighted by Gasteiger charge is -2.22. The first kappa shape index (κ1) is 25.5. The summed E-state index contributed by atoms with van der Waals surface area (Å²) in [5.41, 5.74) is 0.838. The molecule has 2 aromatic rings. The van der Waals surface area contributed by atoms with Gasteiger partial charge in [0.2, 0.25) is 5.89 Å². The molecule has 0 aliphatic carbocycles. The van der Waals surface area contributed by atoms with Gasteiger partial charge in [-0.25, -0.2) is 4.99 Å². The van der Waals surface area contributed by atoms with Crippen LogP contribution in [0.25, 0.3) is 0 Å². The third-order valence-electron chi connectivity index (χ3n) is 4.84. The minimum absolute atomic E-state index is 0. The van der Waals surface area contributed by atoms with Crippen molar-refractivity contribution in [3.8, 4) is 5.75 Å². The average Bonchev–Trinajstić information content (AvgIpc) is 3.36. The number of anilines is 1. The summed E-state index contributed by atoms with van der Waals surface area (Å²) in [6.45, 7) is 11.0. The molecule has 1 fully saturated rings. The number of nitrogens with zero attached hydrogens (tertiary/aromatic N) is 4. The maximum atomic E-state index is 6.20. The normalized spacial score (nSPS) is 16.8. The van der Waals surface area contributed by atoms with Crippen molar-refractivity contribution >= 4 is 47.2 Å². The Morgan fingerprint density at radius 2 is 2.16 bits per heavy atom. The number of aromatic nitrogens is 2. The lowest BCUT2D eigenvalue weighted by Crippen LogP contribution is -2.44. The first-order valence-corrected chi connectivity index (χ1v) is 10.6. The number of nitrogens with one attached hydrogen (secondary N) is 2. The van der Waals surface area contributed by atoms with Gasteiger partial charge in [0.25, 0.3) is 0 Å². The van der Waals surface area contributed by atoms with Crippen LogP contribution in [-0.2, 0) is 12.0 Å². The Hall–Kier alpha value is -1.75. The molecule has 1 saturated heterocycles. The maximum absolute atomic E-state index is 6.20. The Kier molecular flexibility index (Phi) is 9.23. The number of aliphatic imine (C=N–C) groups is 1. The topological polar surface area (TPSA) is 87.8 Å². The highest BCUT2D eigenvalue weighted by molar-refractivity contribution is 14.0. The van der Waals surface area contributed by atoms with E-state index in [1.807, 2.05) is 45.9 Å². The third kappa shape index (κ3) is 6.86. The zero-order valence-electron chi connectivity index (χ0n) is 18.7. The summed E-state index contributed by atoms with van der Waals surface area (Å²) in [5, 5.41) is 11.5. The second kappa shape index (κ2) is 11.2. The molecule has 1 unspecified atom stereocenters. The molecule has 0 bridgehead atoms. The van der Waals surface area contributed by atoms with Crippen LogP contribution in [0.3, 0.4) is 0 Å². The first-order chi connectivity index (χ1) is 14.3. The van der Waals surface area contributed by atoms with Crippen molar-refractivity contribution in [1.82, 2.24) is 20.8 Å². The first-order valence-electron chi connectivity index (χ1n) is 10.3. The van der Waals surface area contributed by atoms with Gasteiger partial charge in [-0.2, -0.15) is 4.98 Å². The minimum atomic E-state index is -0.174. The molecule has 0 saturated carbocycles. The van der Waals surface area contributed by atoms with Crippen molar-refractivity contribution in [3.63, 3.8) is 0 Å². The number of hydrogen-bond donors (Lipinski definition) is 2. The third-order valence-corrected chi connectivity index (χ3v) is 5.08. The summed E-state index contributed by atoms with van der Waals surface area (Å²) in [7, 11) is 1.68. The molecule has 8 nitrogen and oxygen atoms in total. The van der Waals surface area contributed by atoms with E-state index in [1.165, 1.54) is 0 Å². The van der Waals surface area contributed by atoms with Crippen molar-refractivity contribution in [3.05, 3.63) is 34.9 Å². The molecular formula is C21H32ClIN6O2. The molecule has 1 aromatic carbocycles. The second-order valence-electron chi connectivity index (χ2n) is 8.35. The molecule has 172 valence electrons. The van der Waals surface area contributed by atoms with Gasteiger partial charge < -0.3 is 24.8 Å². The summed E-state index contributed by atoms with van der Waals surface area (Å²) in [6, 6.07) is 5.95. The SMILES string of the molecule is CCNC(=NCc1noc(C(C)(C)C)n1)NC1CCN(c2cc(Cl)ccc2OC)C1.I. The fraction of sp³-hybridized carbons (Fsp3) is 0.571. The molecule has 1 atom stereocenters. The number of halogens is 2. The van der Waals surface area contributed by atoms with E-state index in [0.717, 1.165) is 43.5 Å². The fourth-order valence-electron chi connectivity index (χ4n) is 3.29. The van der Waals surface area contributed by atoms with Gasteiger partial charge in [-0.05, 0) is 31.5 Å². The van der Waals surface area contributed by atoms with Crippen molar-refractivity contribution in [2.45, 2.75) is 52.1 Å². The summed E-state index contributed by atoms with van der Waals surface area (Å²) < 4.78 is 10.9. The monoisotopic (exact) mass is 562 g/mol. The largest absolute Gasteiger partial charge is 0.495 e. The van der Waals surface area contributed by atoms with Gasteiger partial charge in [-0.3, -0.25) is 0 Å². The van der Waals surface area contributed by atoms with Crippen LogP contribution in [0.5, 0.6) is 5.75 Å². The Labute approximate surface area is 206 Å². The predicted molar refractivity (Wildman–Crippen MR) is 135 cm³/mol. The number of guanidine groups is 1. The average molecular weight is 563 g/mol. The van der Waals surface area contributed by atoms with Crippen LogP contribution in [0.15, 0.2) is 27.7 Å². The van der Waals surface area contributed by atoms with Gasteiger partial charge in [-0.1, -0.05) is 37.5 Å². The highest BCUT2D eigenvalue weighted by Gasteiger charge is 2.26. The van der Waals surface area contributed by atoms with Crippen molar-refractivity contribution in [2.75, 3.05) is 31.6 Å². The Morgan fingerprint density at radius 1 is 1.39 bits per heavy atom. The van der Waals surface area contributed by atoms with Crippen molar-refractivity contribution in [2.24, 2.45) is 4.99 Å². The molecule has 1 aliphatic rings. The molecule has 1 aliphatic heterocycles. The van der Waals surface area contributed by atoms with Crippen LogP contribution in [0.1, 0.15) is 45.8 Å².